The molecule has 0 saturated carbocycles. The third-order valence-electron chi connectivity index (χ3n) is 6.98. The standard InChI is InChI=1S/C30H54N4O10/c1-4-7-18-41-27(37)21-31-10-12-32(22-28(38)42-19-8-5-2)14-16-34(24-30(40)44-25-26(35)36)17-15-33(13-11-31)23-29(39)43-20-9-6-3/h4-25H2,1-3H3,(H,35,36). The molecule has 0 unspecified atom stereocenters. The zero-order valence-corrected chi connectivity index (χ0v) is 27.0. The van der Waals surface area contributed by atoms with Gasteiger partial charge >= 0.3 is 29.8 Å². The van der Waals surface area contributed by atoms with Gasteiger partial charge in [0.2, 0.25) is 0 Å². The minimum Gasteiger partial charge on any atom is -0.479 e. The molecule has 0 atom stereocenters. The summed E-state index contributed by atoms with van der Waals surface area (Å²) in [6, 6.07) is 0. The molecule has 1 rings (SSSR count). The van der Waals surface area contributed by atoms with E-state index in [-0.39, 0.29) is 44.1 Å². The number of esters is 4. The van der Waals surface area contributed by atoms with Gasteiger partial charge in [0, 0.05) is 52.4 Å². The minimum absolute atomic E-state index is 0.0471. The van der Waals surface area contributed by atoms with Gasteiger partial charge in [-0.05, 0) is 19.3 Å². The summed E-state index contributed by atoms with van der Waals surface area (Å²) in [5.74, 6) is -2.95. The first-order valence-corrected chi connectivity index (χ1v) is 15.9. The van der Waals surface area contributed by atoms with Gasteiger partial charge in [-0.25, -0.2) is 4.79 Å². The highest BCUT2D eigenvalue weighted by atomic mass is 16.6. The summed E-state index contributed by atoms with van der Waals surface area (Å²) >= 11 is 0. The minimum atomic E-state index is -1.24. The molecule has 0 aromatic heterocycles. The first-order chi connectivity index (χ1) is 21.2. The number of hydrogen-bond acceptors (Lipinski definition) is 13. The number of unbranched alkanes of at least 4 members (excludes halogenated alkanes) is 3. The van der Waals surface area contributed by atoms with Crippen LogP contribution in [0.2, 0.25) is 0 Å². The number of rotatable bonds is 19. The van der Waals surface area contributed by atoms with Gasteiger partial charge in [-0.1, -0.05) is 40.0 Å². The summed E-state index contributed by atoms with van der Waals surface area (Å²) < 4.78 is 21.0. The van der Waals surface area contributed by atoms with Gasteiger partial charge in [-0.3, -0.25) is 38.8 Å². The summed E-state index contributed by atoms with van der Waals surface area (Å²) in [5, 5.41) is 8.87. The number of carbonyl (C=O) groups excluding carboxylic acids is 4. The van der Waals surface area contributed by atoms with Crippen molar-refractivity contribution in [1.29, 1.82) is 0 Å². The molecule has 1 saturated heterocycles. The molecule has 0 amide bonds. The van der Waals surface area contributed by atoms with E-state index in [2.05, 4.69) is 0 Å². The van der Waals surface area contributed by atoms with Crippen LogP contribution < -0.4 is 0 Å². The number of carbonyl (C=O) groups is 5. The monoisotopic (exact) mass is 630 g/mol. The van der Waals surface area contributed by atoms with Crippen LogP contribution in [0.25, 0.3) is 0 Å². The average Bonchev–Trinajstić information content (AvgIpc) is 2.97. The topological polar surface area (TPSA) is 155 Å². The molecule has 1 aliphatic heterocycles. The zero-order valence-electron chi connectivity index (χ0n) is 27.0. The number of hydrogen-bond donors (Lipinski definition) is 1. The quantitative estimate of drug-likeness (QED) is 0.122. The first-order valence-electron chi connectivity index (χ1n) is 15.9. The van der Waals surface area contributed by atoms with Crippen LogP contribution in [0.5, 0.6) is 0 Å². The van der Waals surface area contributed by atoms with Crippen LogP contribution in [0, 0.1) is 0 Å². The largest absolute Gasteiger partial charge is 0.479 e. The molecule has 0 aliphatic carbocycles. The Labute approximate surface area is 261 Å². The fraction of sp³-hybridized carbons (Fsp3) is 0.833. The smallest absolute Gasteiger partial charge is 0.341 e. The van der Waals surface area contributed by atoms with Crippen molar-refractivity contribution in [3.63, 3.8) is 0 Å². The van der Waals surface area contributed by atoms with Crippen molar-refractivity contribution in [2.45, 2.75) is 59.3 Å². The van der Waals surface area contributed by atoms with Crippen LogP contribution in [0.15, 0.2) is 0 Å². The molecule has 1 fully saturated rings. The predicted octanol–water partition coefficient (Wildman–Crippen LogP) is 0.866. The van der Waals surface area contributed by atoms with E-state index in [1.54, 1.807) is 0 Å². The van der Waals surface area contributed by atoms with Crippen LogP contribution in [0.4, 0.5) is 0 Å². The van der Waals surface area contributed by atoms with Gasteiger partial charge in [0.25, 0.3) is 0 Å². The number of ether oxygens (including phenoxy) is 4. The van der Waals surface area contributed by atoms with Gasteiger partial charge in [0.15, 0.2) is 6.61 Å². The highest BCUT2D eigenvalue weighted by Gasteiger charge is 2.23. The molecule has 1 aliphatic rings. The third-order valence-corrected chi connectivity index (χ3v) is 6.98. The lowest BCUT2D eigenvalue weighted by Crippen LogP contribution is -2.49. The molecule has 0 aromatic carbocycles. The maximum Gasteiger partial charge on any atom is 0.341 e. The molecule has 0 radical (unpaired) electrons. The van der Waals surface area contributed by atoms with E-state index < -0.39 is 18.5 Å². The van der Waals surface area contributed by atoms with Crippen molar-refractivity contribution in [3.05, 3.63) is 0 Å². The summed E-state index contributed by atoms with van der Waals surface area (Å²) in [4.78, 5) is 68.6. The lowest BCUT2D eigenvalue weighted by Gasteiger charge is -2.33. The third kappa shape index (κ3) is 20.2. The lowest BCUT2D eigenvalue weighted by molar-refractivity contribution is -0.156. The summed E-state index contributed by atoms with van der Waals surface area (Å²) in [5.41, 5.74) is 0. The number of carboxylic acids is 1. The van der Waals surface area contributed by atoms with Gasteiger partial charge in [0.1, 0.15) is 0 Å². The van der Waals surface area contributed by atoms with E-state index in [1.807, 2.05) is 40.4 Å². The second kappa shape index (κ2) is 24.5. The fourth-order valence-electron chi connectivity index (χ4n) is 4.26. The molecular formula is C30H54N4O10. The Morgan fingerprint density at radius 2 is 0.727 bits per heavy atom. The molecule has 254 valence electrons. The van der Waals surface area contributed by atoms with Crippen molar-refractivity contribution >= 4 is 29.8 Å². The lowest BCUT2D eigenvalue weighted by atomic mass is 10.3. The van der Waals surface area contributed by atoms with Crippen LogP contribution >= 0.6 is 0 Å². The molecule has 14 heteroatoms. The van der Waals surface area contributed by atoms with E-state index in [9.17, 15) is 24.0 Å². The van der Waals surface area contributed by atoms with Crippen LogP contribution in [0.3, 0.4) is 0 Å². The Balaban J connectivity index is 3.07. The number of aliphatic carboxylic acids is 1. The molecule has 0 spiro atoms. The molecule has 0 bridgehead atoms. The molecule has 0 aromatic rings. The van der Waals surface area contributed by atoms with Crippen molar-refractivity contribution in [3.8, 4) is 0 Å². The Morgan fingerprint density at radius 1 is 0.477 bits per heavy atom. The number of carboxylic acid groups (broad SMARTS) is 1. The van der Waals surface area contributed by atoms with Crippen molar-refractivity contribution in [1.82, 2.24) is 19.6 Å². The van der Waals surface area contributed by atoms with E-state index >= 15 is 0 Å². The van der Waals surface area contributed by atoms with Crippen molar-refractivity contribution in [2.24, 2.45) is 0 Å². The summed E-state index contributed by atoms with van der Waals surface area (Å²) in [7, 11) is 0. The van der Waals surface area contributed by atoms with Crippen LogP contribution in [0.1, 0.15) is 59.3 Å². The molecule has 1 heterocycles. The Kier molecular flexibility index (Phi) is 21.8. The maximum atomic E-state index is 12.6. The Hall–Kier alpha value is -2.81. The highest BCUT2D eigenvalue weighted by molar-refractivity contribution is 5.76. The summed E-state index contributed by atoms with van der Waals surface area (Å²) in [6.07, 6.45) is 5.05. The van der Waals surface area contributed by atoms with E-state index in [0.29, 0.717) is 72.2 Å². The predicted molar refractivity (Wildman–Crippen MR) is 162 cm³/mol. The van der Waals surface area contributed by atoms with Crippen molar-refractivity contribution in [2.75, 3.05) is 105 Å². The normalized spacial score (nSPS) is 16.3. The van der Waals surface area contributed by atoms with E-state index in [4.69, 9.17) is 24.1 Å². The van der Waals surface area contributed by atoms with Gasteiger partial charge in [-0.2, -0.15) is 0 Å². The SMILES string of the molecule is CCCCOC(=O)CN1CCN(CC(=O)OCCCC)CCN(CC(=O)OCC(=O)O)CCN(CC(=O)OCCCC)CC1. The van der Waals surface area contributed by atoms with E-state index in [0.717, 1.165) is 38.5 Å². The Bertz CT molecular complexity index is 820. The molecule has 1 N–H and O–H groups in total. The zero-order chi connectivity index (χ0) is 32.6. The first kappa shape index (κ1) is 39.2. The second-order valence-corrected chi connectivity index (χ2v) is 10.9. The van der Waals surface area contributed by atoms with Gasteiger partial charge in [0.05, 0.1) is 46.0 Å². The Morgan fingerprint density at radius 3 is 0.955 bits per heavy atom. The number of nitrogens with zero attached hydrogens (tertiary/aromatic N) is 4. The van der Waals surface area contributed by atoms with E-state index in [1.165, 1.54) is 0 Å². The molecule has 14 nitrogen and oxygen atoms in total. The van der Waals surface area contributed by atoms with Crippen LogP contribution in [-0.2, 0) is 42.9 Å². The molecule has 44 heavy (non-hydrogen) atoms. The maximum absolute atomic E-state index is 12.6. The van der Waals surface area contributed by atoms with Crippen molar-refractivity contribution < 1.29 is 48.0 Å². The summed E-state index contributed by atoms with van der Waals surface area (Å²) in [6.45, 7) is 9.76. The average molecular weight is 631 g/mol. The second-order valence-electron chi connectivity index (χ2n) is 10.9. The fourth-order valence-corrected chi connectivity index (χ4v) is 4.26. The van der Waals surface area contributed by atoms with Gasteiger partial charge < -0.3 is 24.1 Å². The van der Waals surface area contributed by atoms with Gasteiger partial charge in [-0.15, -0.1) is 0 Å². The highest BCUT2D eigenvalue weighted by Crippen LogP contribution is 2.04. The van der Waals surface area contributed by atoms with Crippen LogP contribution in [-0.4, -0.2) is 160 Å². The molecular weight excluding hydrogens is 576 g/mol.